The second-order valence-corrected chi connectivity index (χ2v) is 3.02. The molecule has 15 heavy (non-hydrogen) atoms. The van der Waals surface area contributed by atoms with Crippen LogP contribution in [0.2, 0.25) is 0 Å². The van der Waals surface area contributed by atoms with Crippen molar-refractivity contribution in [2.45, 2.75) is 6.92 Å². The Bertz CT molecular complexity index is 354. The summed E-state index contributed by atoms with van der Waals surface area (Å²) in [6, 6.07) is 1.72. The van der Waals surface area contributed by atoms with Crippen molar-refractivity contribution in [3.05, 3.63) is 17.8 Å². The number of nitrogens with two attached hydrogens (primary N) is 2. The van der Waals surface area contributed by atoms with Crippen LogP contribution in [0.1, 0.15) is 5.56 Å². The van der Waals surface area contributed by atoms with Crippen LogP contribution in [0.5, 0.6) is 0 Å². The molecule has 0 bridgehead atoms. The zero-order valence-electron chi connectivity index (χ0n) is 8.49. The number of carbonyl (C=O) groups excluding carboxylic acids is 1. The number of amides is 1. The highest BCUT2D eigenvalue weighted by Crippen LogP contribution is 2.12. The molecular formula is C9H14N4O2. The quantitative estimate of drug-likeness (QED) is 0.627. The van der Waals surface area contributed by atoms with Crippen LogP contribution >= 0.6 is 0 Å². The van der Waals surface area contributed by atoms with Gasteiger partial charge in [0.1, 0.15) is 12.4 Å². The molecule has 0 spiro atoms. The second kappa shape index (κ2) is 5.04. The van der Waals surface area contributed by atoms with E-state index >= 15 is 0 Å². The van der Waals surface area contributed by atoms with E-state index in [1.165, 1.54) is 0 Å². The van der Waals surface area contributed by atoms with Gasteiger partial charge in [-0.05, 0) is 12.5 Å². The summed E-state index contributed by atoms with van der Waals surface area (Å²) >= 11 is 0. The molecule has 6 heteroatoms. The monoisotopic (exact) mass is 210 g/mol. The van der Waals surface area contributed by atoms with Crippen LogP contribution in [0.25, 0.3) is 0 Å². The van der Waals surface area contributed by atoms with Gasteiger partial charge in [0, 0.05) is 18.0 Å². The standard InChI is InChI=1S/C9H14N4O2/c1-6-5-13-8(4-7(6)10)12-2-3-15-9(11)14/h4-5H,2-3H2,1H3,(H2,11,14)(H3,10,12,13). The van der Waals surface area contributed by atoms with Gasteiger partial charge in [-0.15, -0.1) is 0 Å². The molecule has 1 rings (SSSR count). The predicted octanol–water partition coefficient (Wildman–Crippen LogP) is 0.479. The van der Waals surface area contributed by atoms with Crippen molar-refractivity contribution in [2.24, 2.45) is 5.73 Å². The normalized spacial score (nSPS) is 9.67. The molecule has 1 heterocycles. The fourth-order valence-corrected chi connectivity index (χ4v) is 0.967. The molecule has 6 nitrogen and oxygen atoms in total. The summed E-state index contributed by atoms with van der Waals surface area (Å²) in [4.78, 5) is 14.3. The van der Waals surface area contributed by atoms with Gasteiger partial charge in [0.15, 0.2) is 0 Å². The fraction of sp³-hybridized carbons (Fsp3) is 0.333. The van der Waals surface area contributed by atoms with Crippen LogP contribution in [0.3, 0.4) is 0 Å². The Morgan fingerprint density at radius 2 is 2.40 bits per heavy atom. The van der Waals surface area contributed by atoms with E-state index in [9.17, 15) is 4.79 Å². The molecule has 82 valence electrons. The summed E-state index contributed by atoms with van der Waals surface area (Å²) in [6.07, 6.45) is 0.889. The molecule has 1 amide bonds. The van der Waals surface area contributed by atoms with Crippen molar-refractivity contribution in [2.75, 3.05) is 24.2 Å². The van der Waals surface area contributed by atoms with Crippen molar-refractivity contribution in [1.82, 2.24) is 4.98 Å². The highest BCUT2D eigenvalue weighted by Gasteiger charge is 1.98. The summed E-state index contributed by atoms with van der Waals surface area (Å²) < 4.78 is 4.53. The number of hydrogen-bond acceptors (Lipinski definition) is 5. The first-order valence-corrected chi connectivity index (χ1v) is 4.48. The van der Waals surface area contributed by atoms with Crippen LogP contribution in [0, 0.1) is 6.92 Å². The Balaban J connectivity index is 2.38. The number of ether oxygens (including phenoxy) is 1. The van der Waals surface area contributed by atoms with E-state index in [-0.39, 0.29) is 6.61 Å². The molecule has 0 aliphatic heterocycles. The van der Waals surface area contributed by atoms with Crippen molar-refractivity contribution >= 4 is 17.6 Å². The molecule has 0 atom stereocenters. The molecule has 0 saturated carbocycles. The van der Waals surface area contributed by atoms with Crippen LogP contribution in [-0.2, 0) is 4.74 Å². The lowest BCUT2D eigenvalue weighted by atomic mass is 10.2. The second-order valence-electron chi connectivity index (χ2n) is 3.02. The van der Waals surface area contributed by atoms with E-state index in [2.05, 4.69) is 15.0 Å². The minimum absolute atomic E-state index is 0.199. The van der Waals surface area contributed by atoms with E-state index in [0.717, 1.165) is 5.56 Å². The van der Waals surface area contributed by atoms with Crippen molar-refractivity contribution in [3.63, 3.8) is 0 Å². The summed E-state index contributed by atoms with van der Waals surface area (Å²) in [5, 5.41) is 2.94. The summed E-state index contributed by atoms with van der Waals surface area (Å²) in [5.74, 6) is 0.645. The Labute approximate surface area is 87.6 Å². The molecule has 5 N–H and O–H groups in total. The molecule has 1 aromatic rings. The molecule has 1 aromatic heterocycles. The highest BCUT2D eigenvalue weighted by molar-refractivity contribution is 5.64. The van der Waals surface area contributed by atoms with Gasteiger partial charge in [-0.2, -0.15) is 0 Å². The van der Waals surface area contributed by atoms with Crippen LogP contribution in [0.15, 0.2) is 12.3 Å². The zero-order valence-corrected chi connectivity index (χ0v) is 8.49. The predicted molar refractivity (Wildman–Crippen MR) is 57.4 cm³/mol. The van der Waals surface area contributed by atoms with Crippen molar-refractivity contribution in [3.8, 4) is 0 Å². The third-order valence-corrected chi connectivity index (χ3v) is 1.80. The number of nitrogens with one attached hydrogen (secondary N) is 1. The first-order chi connectivity index (χ1) is 7.09. The lowest BCUT2D eigenvalue weighted by molar-refractivity contribution is 0.161. The maximum Gasteiger partial charge on any atom is 0.404 e. The fourth-order valence-electron chi connectivity index (χ4n) is 0.967. The lowest BCUT2D eigenvalue weighted by Crippen LogP contribution is -2.18. The van der Waals surface area contributed by atoms with Gasteiger partial charge in [0.2, 0.25) is 0 Å². The third-order valence-electron chi connectivity index (χ3n) is 1.80. The Morgan fingerprint density at radius 1 is 1.67 bits per heavy atom. The van der Waals surface area contributed by atoms with Gasteiger partial charge in [-0.25, -0.2) is 9.78 Å². The largest absolute Gasteiger partial charge is 0.448 e. The maximum atomic E-state index is 10.2. The third kappa shape index (κ3) is 3.72. The number of carbonyl (C=O) groups is 1. The lowest BCUT2D eigenvalue weighted by Gasteiger charge is -2.07. The number of aromatic nitrogens is 1. The van der Waals surface area contributed by atoms with Crippen LogP contribution < -0.4 is 16.8 Å². The van der Waals surface area contributed by atoms with Gasteiger partial charge >= 0.3 is 6.09 Å². The van der Waals surface area contributed by atoms with E-state index in [4.69, 9.17) is 11.5 Å². The Morgan fingerprint density at radius 3 is 3.00 bits per heavy atom. The summed E-state index contributed by atoms with van der Waals surface area (Å²) in [6.45, 7) is 2.52. The average molecular weight is 210 g/mol. The van der Waals surface area contributed by atoms with E-state index in [0.29, 0.717) is 18.1 Å². The average Bonchev–Trinajstić information content (AvgIpc) is 2.18. The van der Waals surface area contributed by atoms with Crippen molar-refractivity contribution < 1.29 is 9.53 Å². The highest BCUT2D eigenvalue weighted by atomic mass is 16.5. The molecule has 0 radical (unpaired) electrons. The molecule has 0 aromatic carbocycles. The minimum Gasteiger partial charge on any atom is -0.448 e. The molecule has 0 unspecified atom stereocenters. The first-order valence-electron chi connectivity index (χ1n) is 4.48. The Kier molecular flexibility index (Phi) is 3.73. The number of primary amides is 1. The SMILES string of the molecule is Cc1cnc(NCCOC(N)=O)cc1N. The van der Waals surface area contributed by atoms with Gasteiger partial charge in [-0.3, -0.25) is 0 Å². The van der Waals surface area contributed by atoms with Crippen LogP contribution in [0.4, 0.5) is 16.3 Å². The Hall–Kier alpha value is -1.98. The summed E-state index contributed by atoms with van der Waals surface area (Å²) in [7, 11) is 0. The molecule has 0 aliphatic carbocycles. The molecule has 0 fully saturated rings. The molecule has 0 saturated heterocycles. The van der Waals surface area contributed by atoms with E-state index in [1.54, 1.807) is 12.3 Å². The van der Waals surface area contributed by atoms with Gasteiger partial charge in [0.25, 0.3) is 0 Å². The minimum atomic E-state index is -0.784. The first kappa shape index (κ1) is 11.1. The molecule has 0 aliphatic rings. The topological polar surface area (TPSA) is 103 Å². The number of anilines is 2. The summed E-state index contributed by atoms with van der Waals surface area (Å²) in [5.41, 5.74) is 12.1. The number of rotatable bonds is 4. The van der Waals surface area contributed by atoms with E-state index < -0.39 is 6.09 Å². The zero-order chi connectivity index (χ0) is 11.3. The van der Waals surface area contributed by atoms with Gasteiger partial charge < -0.3 is 21.5 Å². The van der Waals surface area contributed by atoms with Gasteiger partial charge in [0.05, 0.1) is 6.54 Å². The van der Waals surface area contributed by atoms with Crippen LogP contribution in [-0.4, -0.2) is 24.2 Å². The van der Waals surface area contributed by atoms with E-state index in [1.807, 2.05) is 6.92 Å². The number of nitrogen functional groups attached to an aromatic ring is 1. The maximum absolute atomic E-state index is 10.2. The van der Waals surface area contributed by atoms with Gasteiger partial charge in [-0.1, -0.05) is 0 Å². The van der Waals surface area contributed by atoms with Crippen molar-refractivity contribution in [1.29, 1.82) is 0 Å². The number of aryl methyl sites for hydroxylation is 1. The smallest absolute Gasteiger partial charge is 0.404 e. The number of hydrogen-bond donors (Lipinski definition) is 3. The number of nitrogens with zero attached hydrogens (tertiary/aromatic N) is 1. The molecular weight excluding hydrogens is 196 g/mol. The number of pyridine rings is 1.